The summed E-state index contributed by atoms with van der Waals surface area (Å²) in [6.45, 7) is 5.52. The van der Waals surface area contributed by atoms with Gasteiger partial charge < -0.3 is 29.6 Å². The number of rotatable bonds is 10. The molecule has 0 saturated carbocycles. The highest BCUT2D eigenvalue weighted by atomic mass is 16.6. The number of aryl methyl sites for hydroxylation is 2. The maximum atomic E-state index is 13.5. The van der Waals surface area contributed by atoms with Crippen LogP contribution in [0.2, 0.25) is 0 Å². The van der Waals surface area contributed by atoms with Crippen molar-refractivity contribution in [1.82, 2.24) is 10.6 Å². The van der Waals surface area contributed by atoms with Crippen LogP contribution in [-0.2, 0) is 40.3 Å². The molecule has 2 N–H and O–H groups in total. The molecular formula is C44H41N3O6. The zero-order chi connectivity index (χ0) is 36.9. The van der Waals surface area contributed by atoms with Crippen LogP contribution in [0.5, 0.6) is 17.2 Å². The molecule has 2 heterocycles. The molecule has 0 aliphatic carbocycles. The van der Waals surface area contributed by atoms with Gasteiger partial charge in [0.2, 0.25) is 5.91 Å². The molecule has 5 aromatic rings. The van der Waals surface area contributed by atoms with E-state index in [0.29, 0.717) is 43.2 Å². The molecular weight excluding hydrogens is 666 g/mol. The number of nitriles is 1. The second kappa shape index (κ2) is 15.6. The molecule has 268 valence electrons. The Bertz CT molecular complexity index is 2160. The summed E-state index contributed by atoms with van der Waals surface area (Å²) in [5.74, 6) is 1.30. The molecule has 2 aliphatic heterocycles. The number of carbonyl (C=O) groups excluding carboxylic acids is 2. The lowest BCUT2D eigenvalue weighted by molar-refractivity contribution is -0.145. The number of benzene rings is 5. The Hall–Kier alpha value is -6.11. The van der Waals surface area contributed by atoms with Crippen LogP contribution in [0, 0.1) is 25.2 Å². The van der Waals surface area contributed by atoms with Crippen molar-refractivity contribution in [3.63, 3.8) is 0 Å². The van der Waals surface area contributed by atoms with E-state index >= 15 is 0 Å². The summed E-state index contributed by atoms with van der Waals surface area (Å²) in [5, 5.41) is 15.3. The number of carbonyl (C=O) groups is 2. The van der Waals surface area contributed by atoms with Crippen LogP contribution in [-0.4, -0.2) is 37.7 Å². The fourth-order valence-corrected chi connectivity index (χ4v) is 6.68. The third-order valence-electron chi connectivity index (χ3n) is 9.98. The molecule has 1 amide bonds. The summed E-state index contributed by atoms with van der Waals surface area (Å²) in [7, 11) is 1.32. The van der Waals surface area contributed by atoms with Gasteiger partial charge in [-0.05, 0) is 107 Å². The molecule has 5 aromatic carbocycles. The van der Waals surface area contributed by atoms with Crippen molar-refractivity contribution in [2.45, 2.75) is 58.0 Å². The van der Waals surface area contributed by atoms with Gasteiger partial charge >= 0.3 is 5.97 Å². The highest BCUT2D eigenvalue weighted by Crippen LogP contribution is 2.40. The van der Waals surface area contributed by atoms with Crippen molar-refractivity contribution >= 4 is 11.9 Å². The average molecular weight is 708 g/mol. The quantitative estimate of drug-likeness (QED) is 0.152. The fourth-order valence-electron chi connectivity index (χ4n) is 6.68. The van der Waals surface area contributed by atoms with Crippen LogP contribution >= 0.6 is 0 Å². The molecule has 9 nitrogen and oxygen atoms in total. The van der Waals surface area contributed by atoms with Gasteiger partial charge in [-0.3, -0.25) is 4.79 Å². The second-order valence-corrected chi connectivity index (χ2v) is 13.6. The van der Waals surface area contributed by atoms with Crippen molar-refractivity contribution in [2.24, 2.45) is 0 Å². The van der Waals surface area contributed by atoms with E-state index in [2.05, 4.69) is 48.7 Å². The van der Waals surface area contributed by atoms with Gasteiger partial charge in [0.25, 0.3) is 0 Å². The summed E-state index contributed by atoms with van der Waals surface area (Å²) < 4.78 is 23.7. The maximum Gasteiger partial charge on any atom is 0.328 e. The normalized spacial score (nSPS) is 16.4. The van der Waals surface area contributed by atoms with E-state index in [9.17, 15) is 9.59 Å². The number of esters is 1. The monoisotopic (exact) mass is 707 g/mol. The van der Waals surface area contributed by atoms with Gasteiger partial charge in [0, 0.05) is 13.0 Å². The van der Waals surface area contributed by atoms with Crippen molar-refractivity contribution in [2.75, 3.05) is 13.7 Å². The van der Waals surface area contributed by atoms with Gasteiger partial charge in [0.1, 0.15) is 25.0 Å². The smallest absolute Gasteiger partial charge is 0.328 e. The predicted octanol–water partition coefficient (Wildman–Crippen LogP) is 6.85. The minimum absolute atomic E-state index is 0.271. The summed E-state index contributed by atoms with van der Waals surface area (Å²) in [4.78, 5) is 26.3. The van der Waals surface area contributed by atoms with E-state index < -0.39 is 18.1 Å². The highest BCUT2D eigenvalue weighted by Gasteiger charge is 2.31. The molecule has 9 heteroatoms. The first kappa shape index (κ1) is 35.3. The first-order valence-electron chi connectivity index (χ1n) is 17.7. The lowest BCUT2D eigenvalue weighted by atomic mass is 9.94. The highest BCUT2D eigenvalue weighted by molar-refractivity contribution is 5.88. The van der Waals surface area contributed by atoms with E-state index in [0.717, 1.165) is 44.7 Å². The summed E-state index contributed by atoms with van der Waals surface area (Å²) in [6, 6.07) is 34.1. The topological polar surface area (TPSA) is 119 Å². The van der Waals surface area contributed by atoms with Crippen LogP contribution in [0.4, 0.5) is 0 Å². The van der Waals surface area contributed by atoms with Gasteiger partial charge in [-0.15, -0.1) is 0 Å². The van der Waals surface area contributed by atoms with E-state index in [1.165, 1.54) is 18.2 Å². The van der Waals surface area contributed by atoms with Crippen molar-refractivity contribution in [1.29, 1.82) is 5.26 Å². The van der Waals surface area contributed by atoms with Crippen molar-refractivity contribution in [3.05, 3.63) is 148 Å². The zero-order valence-corrected chi connectivity index (χ0v) is 30.0. The van der Waals surface area contributed by atoms with Crippen LogP contribution < -0.4 is 24.8 Å². The Balaban J connectivity index is 0.949. The Morgan fingerprint density at radius 1 is 0.868 bits per heavy atom. The Morgan fingerprint density at radius 3 is 2.26 bits per heavy atom. The number of hydrogen-bond acceptors (Lipinski definition) is 8. The van der Waals surface area contributed by atoms with E-state index in [1.807, 2.05) is 72.8 Å². The van der Waals surface area contributed by atoms with Gasteiger partial charge in [-0.2, -0.15) is 5.26 Å². The van der Waals surface area contributed by atoms with Gasteiger partial charge in [-0.25, -0.2) is 4.79 Å². The van der Waals surface area contributed by atoms with E-state index in [-0.39, 0.29) is 18.4 Å². The third kappa shape index (κ3) is 8.19. The minimum Gasteiger partial charge on any atom is -0.489 e. The molecule has 0 radical (unpaired) electrons. The lowest BCUT2D eigenvalue weighted by Crippen LogP contribution is -2.53. The molecule has 0 spiro atoms. The summed E-state index contributed by atoms with van der Waals surface area (Å²) in [5.41, 5.74) is 10.1. The lowest BCUT2D eigenvalue weighted by Gasteiger charge is -2.31. The first-order valence-corrected chi connectivity index (χ1v) is 17.7. The molecule has 7 rings (SSSR count). The first-order chi connectivity index (χ1) is 25.8. The predicted molar refractivity (Wildman–Crippen MR) is 201 cm³/mol. The average Bonchev–Trinajstić information content (AvgIpc) is 3.20. The number of fused-ring (bicyclic) bond motifs is 2. The summed E-state index contributed by atoms with van der Waals surface area (Å²) in [6.07, 6.45) is 0.433. The number of ether oxygens (including phenoxy) is 4. The standard InChI is InChI=1S/C44H41N3O6/c1-27-4-5-31(18-28(27)2)25-51-37-16-14-34(15-17-37)42-26-52-40-21-35-20-38(46-24-36(35)22-41(40)53-42)43(48)47-39(44(49)50-3)19-29-6-10-32(11-7-29)33-12-8-30(23-45)9-13-33/h4-18,21-22,38-39,42,46H,19-20,24-26H2,1-3H3,(H,47,48)/t38?,39-,42+/m0/s1. The molecule has 2 aliphatic rings. The minimum atomic E-state index is -0.855. The van der Waals surface area contributed by atoms with Crippen molar-refractivity contribution < 1.29 is 28.5 Å². The molecule has 0 bridgehead atoms. The SMILES string of the molecule is COC(=O)[C@H](Cc1ccc(-c2ccc(C#N)cc2)cc1)NC(=O)C1Cc2cc3c(cc2CN1)O[C@@H](c1ccc(OCc2ccc(C)c(C)c2)cc1)CO3. The Morgan fingerprint density at radius 2 is 1.57 bits per heavy atom. The van der Waals surface area contributed by atoms with Gasteiger partial charge in [-0.1, -0.05) is 66.7 Å². The van der Waals surface area contributed by atoms with Crippen LogP contribution in [0.15, 0.2) is 103 Å². The van der Waals surface area contributed by atoms with Crippen LogP contribution in [0.25, 0.3) is 11.1 Å². The van der Waals surface area contributed by atoms with Gasteiger partial charge in [0.05, 0.1) is 24.8 Å². The van der Waals surface area contributed by atoms with Crippen LogP contribution in [0.3, 0.4) is 0 Å². The molecule has 0 aromatic heterocycles. The van der Waals surface area contributed by atoms with E-state index in [4.69, 9.17) is 24.2 Å². The molecule has 53 heavy (non-hydrogen) atoms. The van der Waals surface area contributed by atoms with Gasteiger partial charge in [0.15, 0.2) is 17.6 Å². The zero-order valence-electron chi connectivity index (χ0n) is 30.0. The molecule has 1 unspecified atom stereocenters. The number of nitrogens with zero attached hydrogens (tertiary/aromatic N) is 1. The third-order valence-corrected chi connectivity index (χ3v) is 9.98. The maximum absolute atomic E-state index is 13.5. The number of nitrogens with one attached hydrogen (secondary N) is 2. The number of amides is 1. The van der Waals surface area contributed by atoms with E-state index in [1.54, 1.807) is 12.1 Å². The van der Waals surface area contributed by atoms with Crippen LogP contribution in [0.1, 0.15) is 50.6 Å². The second-order valence-electron chi connectivity index (χ2n) is 13.6. The largest absolute Gasteiger partial charge is 0.489 e. The fraction of sp³-hybridized carbons (Fsp3) is 0.250. The molecule has 0 saturated heterocycles. The Kier molecular flexibility index (Phi) is 10.4. The number of hydrogen-bond donors (Lipinski definition) is 2. The van der Waals surface area contributed by atoms with Crippen molar-refractivity contribution in [3.8, 4) is 34.4 Å². The molecule has 0 fully saturated rings. The molecule has 3 atom stereocenters. The Labute approximate surface area is 309 Å². The summed E-state index contributed by atoms with van der Waals surface area (Å²) >= 11 is 0. The number of methoxy groups -OCH3 is 1.